The Balaban J connectivity index is 1.87. The van der Waals surface area contributed by atoms with Crippen molar-refractivity contribution in [2.24, 2.45) is 0 Å². The van der Waals surface area contributed by atoms with Crippen LogP contribution in [0.2, 0.25) is 0 Å². The van der Waals surface area contributed by atoms with E-state index in [1.165, 1.54) is 36.3 Å². The number of rotatable bonds is 6. The number of methoxy groups -OCH3 is 1. The van der Waals surface area contributed by atoms with Crippen molar-refractivity contribution in [2.75, 3.05) is 12.4 Å². The molecule has 0 fully saturated rings. The minimum atomic E-state index is -3.02. The number of benzene rings is 2. The van der Waals surface area contributed by atoms with Crippen LogP contribution >= 0.6 is 0 Å². The molecule has 0 spiro atoms. The van der Waals surface area contributed by atoms with E-state index in [1.54, 1.807) is 24.3 Å². The fourth-order valence-electron chi connectivity index (χ4n) is 2.28. The van der Waals surface area contributed by atoms with Gasteiger partial charge in [-0.05, 0) is 34.7 Å². The predicted molar refractivity (Wildman–Crippen MR) is 86.7 cm³/mol. The molecule has 3 rings (SSSR count). The smallest absolute Gasteiger partial charge is 0.387 e. The highest BCUT2D eigenvalue weighted by molar-refractivity contribution is 6.06. The highest BCUT2D eigenvalue weighted by Crippen LogP contribution is 2.31. The molecule has 26 heavy (non-hydrogen) atoms. The van der Waals surface area contributed by atoms with Crippen LogP contribution in [0.4, 0.5) is 14.5 Å². The highest BCUT2D eigenvalue weighted by Gasteiger charge is 2.16. The number of tetrazole rings is 1. The molecule has 0 aliphatic rings. The quantitative estimate of drug-likeness (QED) is 0.725. The molecule has 0 aliphatic heterocycles. The number of para-hydroxylation sites is 1. The molecule has 0 unspecified atom stereocenters. The molecule has 8 nitrogen and oxygen atoms in total. The fourth-order valence-corrected chi connectivity index (χ4v) is 2.28. The SMILES string of the molecule is COc1ccc(NC(=O)c2ccccc2-n2cnnn2)cc1OC(F)F. The van der Waals surface area contributed by atoms with Crippen LogP contribution < -0.4 is 14.8 Å². The lowest BCUT2D eigenvalue weighted by Gasteiger charge is -2.13. The molecule has 0 atom stereocenters. The lowest BCUT2D eigenvalue weighted by molar-refractivity contribution is -0.0511. The first-order valence-electron chi connectivity index (χ1n) is 7.35. The number of hydrogen-bond acceptors (Lipinski definition) is 6. The Morgan fingerprint density at radius 2 is 2.00 bits per heavy atom. The summed E-state index contributed by atoms with van der Waals surface area (Å²) in [5, 5.41) is 13.5. The van der Waals surface area contributed by atoms with Crippen molar-refractivity contribution in [2.45, 2.75) is 6.61 Å². The number of nitrogens with zero attached hydrogens (tertiary/aromatic N) is 4. The third-order valence-electron chi connectivity index (χ3n) is 3.38. The Bertz CT molecular complexity index is 903. The van der Waals surface area contributed by atoms with E-state index < -0.39 is 12.5 Å². The third-order valence-corrected chi connectivity index (χ3v) is 3.38. The standard InChI is InChI=1S/C16H13F2N5O3/c1-25-13-7-6-10(8-14(13)26-16(17)18)20-15(24)11-4-2-3-5-12(11)23-9-19-21-22-23/h2-9,16H,1H3,(H,20,24). The second kappa shape index (κ2) is 7.55. The van der Waals surface area contributed by atoms with Crippen LogP contribution in [-0.2, 0) is 0 Å². The van der Waals surface area contributed by atoms with Crippen LogP contribution in [0.15, 0.2) is 48.8 Å². The number of aromatic nitrogens is 4. The van der Waals surface area contributed by atoms with Gasteiger partial charge in [-0.25, -0.2) is 0 Å². The van der Waals surface area contributed by atoms with Crippen LogP contribution in [0, 0.1) is 0 Å². The molecule has 1 N–H and O–H groups in total. The van der Waals surface area contributed by atoms with Crippen molar-refractivity contribution < 1.29 is 23.0 Å². The van der Waals surface area contributed by atoms with E-state index in [1.807, 2.05) is 0 Å². The number of anilines is 1. The number of carbonyl (C=O) groups is 1. The zero-order chi connectivity index (χ0) is 18.5. The van der Waals surface area contributed by atoms with Crippen molar-refractivity contribution in [3.05, 3.63) is 54.4 Å². The maximum Gasteiger partial charge on any atom is 0.387 e. The molecule has 0 radical (unpaired) electrons. The van der Waals surface area contributed by atoms with Gasteiger partial charge in [0, 0.05) is 11.8 Å². The molecule has 10 heteroatoms. The van der Waals surface area contributed by atoms with Crippen LogP contribution in [-0.4, -0.2) is 39.8 Å². The van der Waals surface area contributed by atoms with E-state index in [4.69, 9.17) is 4.74 Å². The Morgan fingerprint density at radius 1 is 1.19 bits per heavy atom. The van der Waals surface area contributed by atoms with Gasteiger partial charge >= 0.3 is 6.61 Å². The monoisotopic (exact) mass is 361 g/mol. The molecule has 3 aromatic rings. The highest BCUT2D eigenvalue weighted by atomic mass is 19.3. The number of ether oxygens (including phenoxy) is 2. The Labute approximate surface area is 146 Å². The summed E-state index contributed by atoms with van der Waals surface area (Å²) in [5.41, 5.74) is 1.03. The number of carbonyl (C=O) groups excluding carboxylic acids is 1. The summed E-state index contributed by atoms with van der Waals surface area (Å²) in [6.45, 7) is -3.02. The van der Waals surface area contributed by atoms with Crippen LogP contribution in [0.25, 0.3) is 5.69 Å². The largest absolute Gasteiger partial charge is 0.493 e. The Hall–Kier alpha value is -3.56. The fraction of sp³-hybridized carbons (Fsp3) is 0.125. The minimum absolute atomic E-state index is 0.123. The number of halogens is 2. The van der Waals surface area contributed by atoms with Gasteiger partial charge in [0.1, 0.15) is 6.33 Å². The van der Waals surface area contributed by atoms with Crippen LogP contribution in [0.5, 0.6) is 11.5 Å². The molecular formula is C16H13F2N5O3. The second-order valence-corrected chi connectivity index (χ2v) is 4.97. The summed E-state index contributed by atoms with van der Waals surface area (Å²) in [6.07, 6.45) is 1.36. The Morgan fingerprint density at radius 3 is 2.69 bits per heavy atom. The molecular weight excluding hydrogens is 348 g/mol. The average molecular weight is 361 g/mol. The van der Waals surface area contributed by atoms with Gasteiger partial charge < -0.3 is 14.8 Å². The first kappa shape index (κ1) is 17.3. The van der Waals surface area contributed by atoms with Crippen molar-refractivity contribution in [3.8, 4) is 17.2 Å². The Kier molecular flexibility index (Phi) is 5.02. The van der Waals surface area contributed by atoms with Crippen LogP contribution in [0.1, 0.15) is 10.4 Å². The molecule has 0 saturated carbocycles. The summed E-state index contributed by atoms with van der Waals surface area (Å²) >= 11 is 0. The molecule has 0 aliphatic carbocycles. The number of amides is 1. The minimum Gasteiger partial charge on any atom is -0.493 e. The molecule has 1 amide bonds. The summed E-state index contributed by atoms with van der Waals surface area (Å²) in [7, 11) is 1.33. The van der Waals surface area contributed by atoms with Gasteiger partial charge in [-0.1, -0.05) is 12.1 Å². The number of hydrogen-bond donors (Lipinski definition) is 1. The van der Waals surface area contributed by atoms with Gasteiger partial charge in [0.25, 0.3) is 5.91 Å². The van der Waals surface area contributed by atoms with E-state index in [-0.39, 0.29) is 17.2 Å². The van der Waals surface area contributed by atoms with E-state index in [0.717, 1.165) is 0 Å². The van der Waals surface area contributed by atoms with Gasteiger partial charge in [-0.15, -0.1) is 5.10 Å². The van der Waals surface area contributed by atoms with Gasteiger partial charge in [0.15, 0.2) is 11.5 Å². The van der Waals surface area contributed by atoms with Gasteiger partial charge in [-0.2, -0.15) is 13.5 Å². The predicted octanol–water partition coefficient (Wildman–Crippen LogP) is 2.52. The number of nitrogens with one attached hydrogen (secondary N) is 1. The van der Waals surface area contributed by atoms with Gasteiger partial charge in [0.05, 0.1) is 18.4 Å². The maximum absolute atomic E-state index is 12.6. The molecule has 134 valence electrons. The van der Waals surface area contributed by atoms with Gasteiger partial charge in [0.2, 0.25) is 0 Å². The lowest BCUT2D eigenvalue weighted by Crippen LogP contribution is -2.15. The lowest BCUT2D eigenvalue weighted by atomic mass is 10.1. The normalized spacial score (nSPS) is 10.6. The van der Waals surface area contributed by atoms with Crippen LogP contribution in [0.3, 0.4) is 0 Å². The second-order valence-electron chi connectivity index (χ2n) is 4.97. The van der Waals surface area contributed by atoms with Crippen molar-refractivity contribution in [1.82, 2.24) is 20.2 Å². The average Bonchev–Trinajstić information content (AvgIpc) is 3.16. The summed E-state index contributed by atoms with van der Waals surface area (Å²) in [5.74, 6) is -0.532. The number of alkyl halides is 2. The maximum atomic E-state index is 12.6. The topological polar surface area (TPSA) is 91.2 Å². The van der Waals surface area contributed by atoms with Crippen molar-refractivity contribution in [3.63, 3.8) is 0 Å². The van der Waals surface area contributed by atoms with Crippen molar-refractivity contribution >= 4 is 11.6 Å². The third kappa shape index (κ3) is 3.74. The first-order chi connectivity index (χ1) is 12.6. The van der Waals surface area contributed by atoms with E-state index >= 15 is 0 Å². The van der Waals surface area contributed by atoms with Crippen molar-refractivity contribution in [1.29, 1.82) is 0 Å². The summed E-state index contributed by atoms with van der Waals surface area (Å²) in [6, 6.07) is 10.9. The molecule has 1 aromatic heterocycles. The van der Waals surface area contributed by atoms with Gasteiger partial charge in [-0.3, -0.25) is 4.79 Å². The zero-order valence-corrected chi connectivity index (χ0v) is 13.5. The van der Waals surface area contributed by atoms with E-state index in [0.29, 0.717) is 11.3 Å². The van der Waals surface area contributed by atoms with E-state index in [9.17, 15) is 13.6 Å². The zero-order valence-electron chi connectivity index (χ0n) is 13.5. The molecule has 0 saturated heterocycles. The summed E-state index contributed by atoms with van der Waals surface area (Å²) in [4.78, 5) is 12.6. The summed E-state index contributed by atoms with van der Waals surface area (Å²) < 4.78 is 35.7. The molecule has 1 heterocycles. The van der Waals surface area contributed by atoms with E-state index in [2.05, 4.69) is 25.6 Å². The molecule has 0 bridgehead atoms. The first-order valence-corrected chi connectivity index (χ1v) is 7.35. The molecule has 2 aromatic carbocycles.